The molecule has 0 bridgehead atoms. The summed E-state index contributed by atoms with van der Waals surface area (Å²) in [5.74, 6) is -1.33. The third kappa shape index (κ3) is 19.5. The van der Waals surface area contributed by atoms with Gasteiger partial charge in [0.2, 0.25) is 0 Å². The Morgan fingerprint density at radius 2 is 1.08 bits per heavy atom. The Hall–Kier alpha value is 4.14. The molecule has 0 unspecified atom stereocenters. The first kappa shape index (κ1) is 38.7. The van der Waals surface area contributed by atoms with Crippen LogP contribution < -0.4 is 143 Å². The molecule has 0 radical (unpaired) electrons. The van der Waals surface area contributed by atoms with E-state index in [1.165, 1.54) is 0 Å². The molecule has 10 nitrogen and oxygen atoms in total. The Labute approximate surface area is 229 Å². The maximum absolute atomic E-state index is 10.7. The minimum Gasteiger partial charge on any atom is -0.811 e. The van der Waals surface area contributed by atoms with Crippen molar-refractivity contribution in [3.05, 3.63) is 0 Å². The van der Waals surface area contributed by atoms with Gasteiger partial charge in [0, 0.05) is 0 Å². The van der Waals surface area contributed by atoms with Gasteiger partial charge in [-0.15, -0.1) is 0 Å². The molecule has 0 aromatic carbocycles. The summed E-state index contributed by atoms with van der Waals surface area (Å²) in [4.78, 5) is 42.7. The third-order valence-electron chi connectivity index (χ3n) is 2.64. The molecule has 24 heavy (non-hydrogen) atoms. The molecule has 4 N–H and O–H groups in total. The van der Waals surface area contributed by atoms with Gasteiger partial charge in [-0.05, 0) is 24.8 Å². The molecule has 0 spiro atoms. The van der Waals surface area contributed by atoms with Gasteiger partial charge in [-0.1, -0.05) is 15.2 Å². The van der Waals surface area contributed by atoms with Crippen LogP contribution in [-0.4, -0.2) is 59.5 Å². The molecule has 0 heterocycles. The van der Waals surface area contributed by atoms with Crippen molar-refractivity contribution in [1.29, 1.82) is 0 Å². The van der Waals surface area contributed by atoms with Crippen LogP contribution in [0.2, 0.25) is 0 Å². The van der Waals surface area contributed by atoms with Crippen LogP contribution in [0.25, 0.3) is 0 Å². The molecule has 0 saturated heterocycles. The van der Waals surface area contributed by atoms with E-state index in [0.29, 0.717) is 0 Å². The smallest absolute Gasteiger partial charge is 0.811 e. The first-order valence-electron chi connectivity index (χ1n) is 5.57. The summed E-state index contributed by atoms with van der Waals surface area (Å²) in [5, 5.41) is 29.4. The standard InChI is InChI=1S/C8H21NO9P2.4Na/c10-4-8(5-11,6-12)9-1-7(2-19(13,14)15)3-20(16,17)18;;;;/h7,9-12H,1-6H2,(H2,13,14,15)(H2,16,17,18);;;;/q;4*+1/p-4. The van der Waals surface area contributed by atoms with Crippen LogP contribution in [0.3, 0.4) is 0 Å². The van der Waals surface area contributed by atoms with E-state index in [-0.39, 0.29) is 118 Å². The van der Waals surface area contributed by atoms with Crippen molar-refractivity contribution in [2.45, 2.75) is 5.54 Å². The third-order valence-corrected chi connectivity index (χ3v) is 4.56. The zero-order chi connectivity index (χ0) is 16.0. The number of hydrogen-bond donors (Lipinski definition) is 4. The minimum absolute atomic E-state index is 0. The SMILES string of the molecule is O=P([O-])([O-])CC(CNC(CO)(CO)CO)CP(=O)([O-])[O-].[Na+].[Na+].[Na+].[Na+]. The Balaban J connectivity index is -0.000000301. The van der Waals surface area contributed by atoms with Gasteiger partial charge in [-0.3, -0.25) is 0 Å². The van der Waals surface area contributed by atoms with Gasteiger partial charge < -0.3 is 49.3 Å². The van der Waals surface area contributed by atoms with Gasteiger partial charge >= 0.3 is 118 Å². The van der Waals surface area contributed by atoms with Crippen LogP contribution in [-0.2, 0) is 9.13 Å². The fourth-order valence-corrected chi connectivity index (χ4v) is 3.48. The molecule has 0 aromatic rings. The zero-order valence-electron chi connectivity index (χ0n) is 14.5. The summed E-state index contributed by atoms with van der Waals surface area (Å²) in [5.41, 5.74) is -1.57. The van der Waals surface area contributed by atoms with Crippen molar-refractivity contribution in [3.8, 4) is 0 Å². The Kier molecular flexibility index (Phi) is 29.0. The number of aliphatic hydroxyl groups excluding tert-OH is 3. The van der Waals surface area contributed by atoms with E-state index in [1.807, 2.05) is 0 Å². The summed E-state index contributed by atoms with van der Waals surface area (Å²) in [6, 6.07) is 0. The Morgan fingerprint density at radius 1 is 0.792 bits per heavy atom. The topological polar surface area (TPSA) is 199 Å². The van der Waals surface area contributed by atoms with Crippen LogP contribution in [0.4, 0.5) is 0 Å². The van der Waals surface area contributed by atoms with E-state index in [9.17, 15) is 28.7 Å². The quantitative estimate of drug-likeness (QED) is 0.192. The second-order valence-corrected chi connectivity index (χ2v) is 7.76. The van der Waals surface area contributed by atoms with Gasteiger partial charge in [-0.2, -0.15) is 0 Å². The Bertz CT molecular complexity index is 357. The van der Waals surface area contributed by atoms with E-state index in [4.69, 9.17) is 15.3 Å². The summed E-state index contributed by atoms with van der Waals surface area (Å²) >= 11 is 0. The molecule has 16 heteroatoms. The van der Waals surface area contributed by atoms with E-state index < -0.39 is 65.3 Å². The minimum atomic E-state index is -5.04. The van der Waals surface area contributed by atoms with Crippen molar-refractivity contribution in [2.24, 2.45) is 5.92 Å². The molecule has 0 saturated carbocycles. The van der Waals surface area contributed by atoms with Gasteiger partial charge in [0.05, 0.1) is 25.4 Å². The average molecular weight is 425 g/mol. The van der Waals surface area contributed by atoms with Gasteiger partial charge in [0.15, 0.2) is 0 Å². The first-order chi connectivity index (χ1) is 8.97. The van der Waals surface area contributed by atoms with E-state index >= 15 is 0 Å². The first-order valence-corrected chi connectivity index (χ1v) is 9.02. The molecule has 0 amide bonds. The largest absolute Gasteiger partial charge is 1.00 e. The number of rotatable bonds is 10. The molecular weight excluding hydrogens is 408 g/mol. The van der Waals surface area contributed by atoms with Crippen LogP contribution in [0.1, 0.15) is 0 Å². The zero-order valence-corrected chi connectivity index (χ0v) is 24.3. The number of aliphatic hydroxyl groups is 3. The molecule has 0 aliphatic heterocycles. The second kappa shape index (κ2) is 18.0. The Morgan fingerprint density at radius 3 is 1.29 bits per heavy atom. The maximum atomic E-state index is 10.7. The van der Waals surface area contributed by atoms with Crippen molar-refractivity contribution in [1.82, 2.24) is 5.32 Å². The molecular formula is C8H17NNa4O9P2. The summed E-state index contributed by atoms with van der Waals surface area (Å²) < 4.78 is 21.3. The number of hydrogen-bond acceptors (Lipinski definition) is 10. The summed E-state index contributed by atoms with van der Waals surface area (Å²) in [7, 11) is -10.1. The van der Waals surface area contributed by atoms with Crippen LogP contribution in [0, 0.1) is 5.92 Å². The van der Waals surface area contributed by atoms with Crippen molar-refractivity contribution >= 4 is 15.2 Å². The predicted molar refractivity (Wildman–Crippen MR) is 60.4 cm³/mol. The fraction of sp³-hybridized carbons (Fsp3) is 1.00. The van der Waals surface area contributed by atoms with E-state index in [0.717, 1.165) is 0 Å². The van der Waals surface area contributed by atoms with E-state index in [1.54, 1.807) is 0 Å². The van der Waals surface area contributed by atoms with Crippen molar-refractivity contribution < 1.29 is 162 Å². The van der Waals surface area contributed by atoms with E-state index in [2.05, 4.69) is 5.32 Å². The monoisotopic (exact) mass is 425 g/mol. The maximum Gasteiger partial charge on any atom is 1.00 e. The van der Waals surface area contributed by atoms with Crippen LogP contribution in [0.15, 0.2) is 0 Å². The normalized spacial score (nSPS) is 11.7. The summed E-state index contributed by atoms with van der Waals surface area (Å²) in [6.07, 6.45) is -2.13. The second-order valence-electron chi connectivity index (χ2n) is 4.59. The van der Waals surface area contributed by atoms with Gasteiger partial charge in [0.1, 0.15) is 0 Å². The number of nitrogens with one attached hydrogen (secondary N) is 1. The van der Waals surface area contributed by atoms with Crippen molar-refractivity contribution in [2.75, 3.05) is 38.7 Å². The summed E-state index contributed by atoms with van der Waals surface area (Å²) in [6.45, 7) is -2.60. The molecule has 0 fully saturated rings. The molecule has 0 aliphatic carbocycles. The van der Waals surface area contributed by atoms with Gasteiger partial charge in [0.25, 0.3) is 0 Å². The van der Waals surface area contributed by atoms with Crippen LogP contribution >= 0.6 is 15.2 Å². The average Bonchev–Trinajstić information content (AvgIpc) is 2.27. The fourth-order valence-electron chi connectivity index (χ4n) is 1.50. The molecule has 122 valence electrons. The van der Waals surface area contributed by atoms with Crippen LogP contribution in [0.5, 0.6) is 0 Å². The molecule has 0 aliphatic rings. The molecule has 0 rings (SSSR count). The molecule has 0 atom stereocenters. The van der Waals surface area contributed by atoms with Gasteiger partial charge in [-0.25, -0.2) is 0 Å². The predicted octanol–water partition coefficient (Wildman–Crippen LogP) is -17.2. The molecule has 0 aromatic heterocycles. The van der Waals surface area contributed by atoms with Crippen molar-refractivity contribution in [3.63, 3.8) is 0 Å².